The van der Waals surface area contributed by atoms with Gasteiger partial charge in [0.2, 0.25) is 0 Å². The molecule has 0 saturated carbocycles. The number of carbonyl (C=O) groups excluding carboxylic acids is 1. The Morgan fingerprint density at radius 3 is 2.07 bits per heavy atom. The van der Waals surface area contributed by atoms with E-state index < -0.39 is 11.0 Å². The summed E-state index contributed by atoms with van der Waals surface area (Å²) in [6, 6.07) is 0. The SMILES string of the molecule is CCCCC(C=O)(CC)C(C)(O)CC. The minimum Gasteiger partial charge on any atom is -0.389 e. The Labute approximate surface area is 87.7 Å². The first-order valence-electron chi connectivity index (χ1n) is 5.68. The number of aliphatic hydroxyl groups is 1. The van der Waals surface area contributed by atoms with Gasteiger partial charge in [0.25, 0.3) is 0 Å². The van der Waals surface area contributed by atoms with Crippen LogP contribution in [0, 0.1) is 5.41 Å². The molecule has 2 atom stereocenters. The molecule has 0 radical (unpaired) electrons. The first-order valence-corrected chi connectivity index (χ1v) is 5.68. The number of hydrogen-bond donors (Lipinski definition) is 1. The van der Waals surface area contributed by atoms with Crippen molar-refractivity contribution in [3.63, 3.8) is 0 Å². The van der Waals surface area contributed by atoms with Crippen molar-refractivity contribution in [2.45, 2.75) is 65.4 Å². The molecule has 0 aliphatic carbocycles. The van der Waals surface area contributed by atoms with Gasteiger partial charge in [-0.25, -0.2) is 0 Å². The van der Waals surface area contributed by atoms with Crippen LogP contribution < -0.4 is 0 Å². The van der Waals surface area contributed by atoms with Gasteiger partial charge >= 0.3 is 0 Å². The van der Waals surface area contributed by atoms with Gasteiger partial charge in [-0.15, -0.1) is 0 Å². The quantitative estimate of drug-likeness (QED) is 0.641. The summed E-state index contributed by atoms with van der Waals surface area (Å²) in [6.07, 6.45) is 5.18. The molecule has 2 unspecified atom stereocenters. The van der Waals surface area contributed by atoms with Crippen molar-refractivity contribution in [2.75, 3.05) is 0 Å². The number of carbonyl (C=O) groups is 1. The van der Waals surface area contributed by atoms with Crippen molar-refractivity contribution >= 4 is 6.29 Å². The monoisotopic (exact) mass is 200 g/mol. The van der Waals surface area contributed by atoms with E-state index in [4.69, 9.17) is 0 Å². The Morgan fingerprint density at radius 2 is 1.79 bits per heavy atom. The van der Waals surface area contributed by atoms with E-state index in [1.54, 1.807) is 6.92 Å². The van der Waals surface area contributed by atoms with Crippen LogP contribution in [0.4, 0.5) is 0 Å². The molecule has 0 fully saturated rings. The lowest BCUT2D eigenvalue weighted by atomic mass is 9.67. The normalized spacial score (nSPS) is 19.8. The predicted molar refractivity (Wildman–Crippen MR) is 59.2 cm³/mol. The smallest absolute Gasteiger partial charge is 0.128 e. The van der Waals surface area contributed by atoms with Crippen LogP contribution >= 0.6 is 0 Å². The summed E-state index contributed by atoms with van der Waals surface area (Å²) >= 11 is 0. The second-order valence-corrected chi connectivity index (χ2v) is 4.36. The molecule has 0 aliphatic heterocycles. The highest BCUT2D eigenvalue weighted by Crippen LogP contribution is 2.39. The van der Waals surface area contributed by atoms with E-state index in [1.807, 2.05) is 13.8 Å². The van der Waals surface area contributed by atoms with Crippen molar-refractivity contribution < 1.29 is 9.90 Å². The highest BCUT2D eigenvalue weighted by Gasteiger charge is 2.43. The average Bonchev–Trinajstić information content (AvgIpc) is 2.20. The van der Waals surface area contributed by atoms with Crippen LogP contribution in [-0.4, -0.2) is 17.0 Å². The number of unbranched alkanes of at least 4 members (excludes halogenated alkanes) is 1. The Balaban J connectivity index is 4.76. The molecule has 0 aromatic rings. The molecule has 0 rings (SSSR count). The van der Waals surface area contributed by atoms with Gasteiger partial charge in [-0.1, -0.05) is 33.6 Å². The maximum atomic E-state index is 11.2. The molecule has 14 heavy (non-hydrogen) atoms. The Kier molecular flexibility index (Phi) is 5.35. The van der Waals surface area contributed by atoms with Crippen molar-refractivity contribution in [1.82, 2.24) is 0 Å². The number of hydrogen-bond acceptors (Lipinski definition) is 2. The van der Waals surface area contributed by atoms with Crippen molar-refractivity contribution in [3.8, 4) is 0 Å². The standard InChI is InChI=1S/C12H24O2/c1-5-8-9-12(7-3,10-13)11(4,14)6-2/h10,14H,5-9H2,1-4H3. The van der Waals surface area contributed by atoms with Crippen molar-refractivity contribution in [2.24, 2.45) is 5.41 Å². The third kappa shape index (κ3) is 2.57. The van der Waals surface area contributed by atoms with Crippen molar-refractivity contribution in [3.05, 3.63) is 0 Å². The molecule has 0 amide bonds. The van der Waals surface area contributed by atoms with Gasteiger partial charge in [0.1, 0.15) is 6.29 Å². The van der Waals surface area contributed by atoms with E-state index in [-0.39, 0.29) is 0 Å². The molecule has 2 heteroatoms. The van der Waals surface area contributed by atoms with Gasteiger partial charge in [-0.3, -0.25) is 0 Å². The first-order chi connectivity index (χ1) is 6.49. The molecule has 0 bridgehead atoms. The Bertz CT molecular complexity index is 175. The highest BCUT2D eigenvalue weighted by atomic mass is 16.3. The van der Waals surface area contributed by atoms with E-state index in [1.165, 1.54) is 0 Å². The van der Waals surface area contributed by atoms with Crippen molar-refractivity contribution in [1.29, 1.82) is 0 Å². The third-order valence-electron chi connectivity index (χ3n) is 3.59. The lowest BCUT2D eigenvalue weighted by Crippen LogP contribution is -2.46. The topological polar surface area (TPSA) is 37.3 Å². The largest absolute Gasteiger partial charge is 0.389 e. The van der Waals surface area contributed by atoms with Gasteiger partial charge in [0.15, 0.2) is 0 Å². The fraction of sp³-hybridized carbons (Fsp3) is 0.917. The molecule has 0 aromatic carbocycles. The number of rotatable bonds is 7. The summed E-state index contributed by atoms with van der Waals surface area (Å²) < 4.78 is 0. The fourth-order valence-corrected chi connectivity index (χ4v) is 1.94. The molecule has 84 valence electrons. The maximum absolute atomic E-state index is 11.2. The van der Waals surface area contributed by atoms with Gasteiger partial charge in [-0.2, -0.15) is 0 Å². The van der Waals surface area contributed by atoms with E-state index in [2.05, 4.69) is 6.92 Å². The molecular weight excluding hydrogens is 176 g/mol. The summed E-state index contributed by atoms with van der Waals surface area (Å²) in [4.78, 5) is 11.2. The molecule has 0 saturated heterocycles. The van der Waals surface area contributed by atoms with Gasteiger partial charge < -0.3 is 9.90 Å². The summed E-state index contributed by atoms with van der Waals surface area (Å²) in [5.74, 6) is 0. The van der Waals surface area contributed by atoms with Gasteiger partial charge in [-0.05, 0) is 26.2 Å². The van der Waals surface area contributed by atoms with Crippen LogP contribution in [0.15, 0.2) is 0 Å². The molecule has 2 nitrogen and oxygen atoms in total. The minimum absolute atomic E-state index is 0.544. The van der Waals surface area contributed by atoms with Crippen LogP contribution in [-0.2, 0) is 4.79 Å². The summed E-state index contributed by atoms with van der Waals surface area (Å²) in [5.41, 5.74) is -1.41. The van der Waals surface area contributed by atoms with Gasteiger partial charge in [0, 0.05) is 0 Å². The zero-order valence-corrected chi connectivity index (χ0v) is 9.97. The lowest BCUT2D eigenvalue weighted by molar-refractivity contribution is -0.136. The maximum Gasteiger partial charge on any atom is 0.128 e. The predicted octanol–water partition coefficient (Wildman–Crippen LogP) is 2.93. The average molecular weight is 200 g/mol. The second kappa shape index (κ2) is 5.50. The zero-order chi connectivity index (χ0) is 11.2. The molecular formula is C12H24O2. The third-order valence-corrected chi connectivity index (χ3v) is 3.59. The lowest BCUT2D eigenvalue weighted by Gasteiger charge is -2.40. The van der Waals surface area contributed by atoms with E-state index in [0.29, 0.717) is 6.42 Å². The van der Waals surface area contributed by atoms with E-state index in [9.17, 15) is 9.90 Å². The van der Waals surface area contributed by atoms with Crippen LogP contribution in [0.3, 0.4) is 0 Å². The van der Waals surface area contributed by atoms with Crippen LogP contribution in [0.2, 0.25) is 0 Å². The first kappa shape index (κ1) is 13.6. The summed E-state index contributed by atoms with van der Waals surface area (Å²) in [5, 5.41) is 10.2. The molecule has 0 spiro atoms. The number of aldehydes is 1. The van der Waals surface area contributed by atoms with Crippen LogP contribution in [0.5, 0.6) is 0 Å². The highest BCUT2D eigenvalue weighted by molar-refractivity contribution is 5.61. The minimum atomic E-state index is -0.862. The second-order valence-electron chi connectivity index (χ2n) is 4.36. The summed E-state index contributed by atoms with van der Waals surface area (Å²) in [6.45, 7) is 7.79. The fourth-order valence-electron chi connectivity index (χ4n) is 1.94. The molecule has 0 aromatic heterocycles. The zero-order valence-electron chi connectivity index (χ0n) is 9.97. The summed E-state index contributed by atoms with van der Waals surface area (Å²) in [7, 11) is 0. The van der Waals surface area contributed by atoms with Crippen LogP contribution in [0.1, 0.15) is 59.8 Å². The van der Waals surface area contributed by atoms with E-state index in [0.717, 1.165) is 32.0 Å². The van der Waals surface area contributed by atoms with E-state index >= 15 is 0 Å². The Hall–Kier alpha value is -0.370. The van der Waals surface area contributed by atoms with Crippen LogP contribution in [0.25, 0.3) is 0 Å². The Morgan fingerprint density at radius 1 is 1.21 bits per heavy atom. The molecule has 0 aliphatic rings. The van der Waals surface area contributed by atoms with Gasteiger partial charge in [0.05, 0.1) is 11.0 Å². The molecule has 0 heterocycles. The molecule has 1 N–H and O–H groups in total.